The van der Waals surface area contributed by atoms with Crippen molar-refractivity contribution in [3.05, 3.63) is 36.7 Å². The predicted octanol–water partition coefficient (Wildman–Crippen LogP) is 2.74. The van der Waals surface area contributed by atoms with Crippen LogP contribution in [0.2, 0.25) is 0 Å². The number of carbonyl (C=O) groups is 1. The van der Waals surface area contributed by atoms with Crippen LogP contribution in [0.5, 0.6) is 5.75 Å². The van der Waals surface area contributed by atoms with Gasteiger partial charge in [0, 0.05) is 13.1 Å². The monoisotopic (exact) mass is 607 g/mol. The highest BCUT2D eigenvalue weighted by Gasteiger charge is 2.47. The zero-order valence-electron chi connectivity index (χ0n) is 23.7. The van der Waals surface area contributed by atoms with Crippen LogP contribution in [0.3, 0.4) is 0 Å². The van der Waals surface area contributed by atoms with Gasteiger partial charge in [0.25, 0.3) is 0 Å². The van der Waals surface area contributed by atoms with E-state index < -0.39 is 57.1 Å². The number of nitrogens with one attached hydrogen (secondary N) is 1. The van der Waals surface area contributed by atoms with Crippen LogP contribution >= 0.6 is 7.75 Å². The summed E-state index contributed by atoms with van der Waals surface area (Å²) in [6.45, 7) is 4.26. The van der Waals surface area contributed by atoms with Crippen LogP contribution in [0.15, 0.2) is 36.7 Å². The number of alkyl halides is 1. The third-order valence-corrected chi connectivity index (χ3v) is 8.50. The molecule has 1 saturated carbocycles. The van der Waals surface area contributed by atoms with E-state index in [0.29, 0.717) is 17.4 Å². The van der Waals surface area contributed by atoms with Gasteiger partial charge < -0.3 is 29.7 Å². The molecule has 4 N–H and O–H groups in total. The van der Waals surface area contributed by atoms with Crippen LogP contribution in [-0.2, 0) is 23.4 Å². The molecule has 2 aliphatic rings. The first-order chi connectivity index (χ1) is 20.0. The molecule has 228 valence electrons. The van der Waals surface area contributed by atoms with Crippen molar-refractivity contribution in [2.24, 2.45) is 0 Å². The number of benzene rings is 1. The SMILES string of the molecule is CC(C)OC(=O)[C@H](C)NP(=O)(OC[C@H]1O[C@@H](n2cnc3c(N(C)C4CC4)nc(N)nc32)[C@H](F)[C@@H]1O)Oc1ccccc1. The van der Waals surface area contributed by atoms with Gasteiger partial charge in [0.05, 0.1) is 19.0 Å². The van der Waals surface area contributed by atoms with Crippen LogP contribution in [-0.4, -0.2) is 80.8 Å². The van der Waals surface area contributed by atoms with Crippen molar-refractivity contribution < 1.29 is 37.4 Å². The fourth-order valence-corrected chi connectivity index (χ4v) is 6.06. The van der Waals surface area contributed by atoms with E-state index in [1.165, 1.54) is 17.8 Å². The van der Waals surface area contributed by atoms with Gasteiger partial charge >= 0.3 is 13.7 Å². The Morgan fingerprint density at radius 1 is 1.29 bits per heavy atom. The highest BCUT2D eigenvalue weighted by molar-refractivity contribution is 7.52. The number of aliphatic hydroxyl groups is 1. The molecule has 1 aromatic carbocycles. The lowest BCUT2D eigenvalue weighted by Gasteiger charge is -2.25. The third kappa shape index (κ3) is 6.50. The van der Waals surface area contributed by atoms with E-state index in [1.807, 2.05) is 11.9 Å². The lowest BCUT2D eigenvalue weighted by Crippen LogP contribution is -2.37. The lowest BCUT2D eigenvalue weighted by atomic mass is 10.1. The highest BCUT2D eigenvalue weighted by Crippen LogP contribution is 2.46. The van der Waals surface area contributed by atoms with Gasteiger partial charge in [-0.1, -0.05) is 18.2 Å². The molecule has 0 amide bonds. The summed E-state index contributed by atoms with van der Waals surface area (Å²) in [7, 11) is -2.39. The summed E-state index contributed by atoms with van der Waals surface area (Å²) in [5.41, 5.74) is 6.62. The summed E-state index contributed by atoms with van der Waals surface area (Å²) in [5, 5.41) is 13.3. The van der Waals surface area contributed by atoms with E-state index in [0.717, 1.165) is 12.8 Å². The number of fused-ring (bicyclic) bond motifs is 1. The Balaban J connectivity index is 1.34. The summed E-state index contributed by atoms with van der Waals surface area (Å²) in [4.78, 5) is 27.3. The molecule has 1 unspecified atom stereocenters. The number of hydrogen-bond acceptors (Lipinski definition) is 12. The summed E-state index contributed by atoms with van der Waals surface area (Å²) in [5.74, 6) is 0.0195. The van der Waals surface area contributed by atoms with Gasteiger partial charge in [0.1, 0.15) is 24.0 Å². The van der Waals surface area contributed by atoms with Gasteiger partial charge in [-0.15, -0.1) is 0 Å². The quantitative estimate of drug-likeness (QED) is 0.203. The van der Waals surface area contributed by atoms with Crippen molar-refractivity contribution in [3.63, 3.8) is 0 Å². The third-order valence-electron chi connectivity index (χ3n) is 6.85. The maximum atomic E-state index is 15.5. The van der Waals surface area contributed by atoms with Crippen molar-refractivity contribution >= 4 is 36.6 Å². The summed E-state index contributed by atoms with van der Waals surface area (Å²) >= 11 is 0. The summed E-state index contributed by atoms with van der Waals surface area (Å²) < 4.78 is 52.8. The Labute approximate surface area is 241 Å². The van der Waals surface area contributed by atoms with Crippen LogP contribution in [0.25, 0.3) is 11.2 Å². The molecular formula is C26H35FN7O7P. The van der Waals surface area contributed by atoms with E-state index in [-0.39, 0.29) is 17.3 Å². The van der Waals surface area contributed by atoms with Gasteiger partial charge in [0.2, 0.25) is 5.95 Å². The highest BCUT2D eigenvalue weighted by atomic mass is 31.2. The minimum atomic E-state index is -4.27. The number of anilines is 2. The topological polar surface area (TPSA) is 176 Å². The van der Waals surface area contributed by atoms with Crippen LogP contribution in [0.4, 0.5) is 16.2 Å². The van der Waals surface area contributed by atoms with E-state index in [2.05, 4.69) is 20.0 Å². The zero-order valence-corrected chi connectivity index (χ0v) is 24.6. The molecule has 1 saturated heterocycles. The molecular weight excluding hydrogens is 572 g/mol. The molecule has 2 aromatic heterocycles. The van der Waals surface area contributed by atoms with Crippen molar-refractivity contribution in [2.75, 3.05) is 24.3 Å². The Bertz CT molecular complexity index is 1460. The summed E-state index contributed by atoms with van der Waals surface area (Å²) in [6.07, 6.45) is -3.20. The molecule has 0 bridgehead atoms. The van der Waals surface area contributed by atoms with E-state index >= 15 is 4.39 Å². The number of hydrogen-bond donors (Lipinski definition) is 3. The Hall–Kier alpha value is -3.36. The fraction of sp³-hybridized carbons (Fsp3) is 0.538. The van der Waals surface area contributed by atoms with Crippen LogP contribution in [0, 0.1) is 0 Å². The number of aliphatic hydroxyl groups excluding tert-OH is 1. The van der Waals surface area contributed by atoms with Crippen molar-refractivity contribution in [2.45, 2.75) is 76.4 Å². The molecule has 1 aliphatic heterocycles. The molecule has 3 aromatic rings. The Morgan fingerprint density at radius 2 is 2.00 bits per heavy atom. The maximum Gasteiger partial charge on any atom is 0.459 e. The predicted molar refractivity (Wildman–Crippen MR) is 150 cm³/mol. The molecule has 3 heterocycles. The maximum absolute atomic E-state index is 15.5. The molecule has 42 heavy (non-hydrogen) atoms. The van der Waals surface area contributed by atoms with Crippen LogP contribution < -0.4 is 20.2 Å². The number of halogens is 1. The number of imidazole rings is 1. The molecule has 0 radical (unpaired) electrons. The number of aromatic nitrogens is 4. The first-order valence-electron chi connectivity index (χ1n) is 13.6. The van der Waals surface area contributed by atoms with E-state index in [4.69, 9.17) is 24.3 Å². The molecule has 1 aliphatic carbocycles. The molecule has 16 heteroatoms. The van der Waals surface area contributed by atoms with Gasteiger partial charge in [-0.2, -0.15) is 15.1 Å². The molecule has 0 spiro atoms. The Kier molecular flexibility index (Phi) is 8.67. The van der Waals surface area contributed by atoms with E-state index in [1.54, 1.807) is 44.2 Å². The number of nitrogens with two attached hydrogens (primary N) is 1. The second kappa shape index (κ2) is 12.1. The number of rotatable bonds is 12. The second-order valence-electron chi connectivity index (χ2n) is 10.6. The molecule has 2 fully saturated rings. The van der Waals surface area contributed by atoms with Crippen LogP contribution in [0.1, 0.15) is 39.8 Å². The standard InChI is InChI=1S/C26H35FN7O7P/c1-14(2)39-25(36)15(3)32-42(37,41-17-8-6-5-7-9-17)38-12-18-21(35)19(27)24(40-18)34-13-29-20-22(33(4)16-10-11-16)30-26(28)31-23(20)34/h5-9,13-16,18-19,21,24,35H,10-12H2,1-4H3,(H,32,37)(H2,28,30,31)/t15-,18+,19+,21+,24+,42?/m0/s1. The largest absolute Gasteiger partial charge is 0.462 e. The number of carbonyl (C=O) groups excluding carboxylic acids is 1. The first kappa shape index (κ1) is 30.1. The minimum Gasteiger partial charge on any atom is -0.462 e. The van der Waals surface area contributed by atoms with Crippen molar-refractivity contribution in [1.29, 1.82) is 0 Å². The number of nitrogens with zero attached hydrogens (tertiary/aromatic N) is 5. The molecule has 6 atom stereocenters. The number of para-hydroxylation sites is 1. The number of esters is 1. The first-order valence-corrected chi connectivity index (χ1v) is 15.2. The van der Waals surface area contributed by atoms with Crippen molar-refractivity contribution in [1.82, 2.24) is 24.6 Å². The second-order valence-corrected chi connectivity index (χ2v) is 12.3. The van der Waals surface area contributed by atoms with Crippen molar-refractivity contribution in [3.8, 4) is 5.75 Å². The Morgan fingerprint density at radius 3 is 2.67 bits per heavy atom. The minimum absolute atomic E-state index is 0.0178. The molecule has 5 rings (SSSR count). The average Bonchev–Trinajstić information content (AvgIpc) is 3.65. The van der Waals surface area contributed by atoms with E-state index in [9.17, 15) is 14.5 Å². The lowest BCUT2D eigenvalue weighted by molar-refractivity contribution is -0.149. The van der Waals surface area contributed by atoms with Gasteiger partial charge in [-0.25, -0.2) is 13.9 Å². The van der Waals surface area contributed by atoms with Gasteiger partial charge in [0.15, 0.2) is 29.4 Å². The average molecular weight is 608 g/mol. The molecule has 14 nitrogen and oxygen atoms in total. The normalized spacial score (nSPS) is 24.5. The smallest absolute Gasteiger partial charge is 0.459 e. The summed E-state index contributed by atoms with van der Waals surface area (Å²) in [6, 6.07) is 7.40. The van der Waals surface area contributed by atoms with Gasteiger partial charge in [-0.3, -0.25) is 13.9 Å². The number of nitrogen functional groups attached to an aromatic ring is 1. The zero-order chi connectivity index (χ0) is 30.2. The number of ether oxygens (including phenoxy) is 2. The fourth-order valence-electron chi connectivity index (χ4n) is 4.56. The van der Waals surface area contributed by atoms with Gasteiger partial charge in [-0.05, 0) is 45.7 Å².